The minimum atomic E-state index is 0.934. The quantitative estimate of drug-likeness (QED) is 0.413. The van der Waals surface area contributed by atoms with Crippen molar-refractivity contribution in [2.75, 3.05) is 13.6 Å². The molecule has 0 aliphatic heterocycles. The Hall–Kier alpha value is -0.790. The SMILES string of the molecule is C=C(C)C=NN(C)CC. The van der Waals surface area contributed by atoms with Crippen LogP contribution in [0.1, 0.15) is 13.8 Å². The maximum Gasteiger partial charge on any atom is 0.0493 e. The summed E-state index contributed by atoms with van der Waals surface area (Å²) in [5, 5.41) is 5.91. The Morgan fingerprint density at radius 1 is 1.78 bits per heavy atom. The van der Waals surface area contributed by atoms with Crippen molar-refractivity contribution in [3.63, 3.8) is 0 Å². The molecule has 9 heavy (non-hydrogen) atoms. The normalized spacial score (nSPS) is 10.1. The predicted octanol–water partition coefficient (Wildman–Crippen LogP) is 1.50. The molecule has 52 valence electrons. The van der Waals surface area contributed by atoms with E-state index in [1.807, 2.05) is 19.0 Å². The number of allylic oxidation sites excluding steroid dienone is 1. The van der Waals surface area contributed by atoms with E-state index >= 15 is 0 Å². The molecule has 0 bridgehead atoms. The molecule has 0 aromatic rings. The van der Waals surface area contributed by atoms with Crippen molar-refractivity contribution in [2.24, 2.45) is 5.10 Å². The molecular weight excluding hydrogens is 112 g/mol. The average molecular weight is 126 g/mol. The fourth-order valence-electron chi connectivity index (χ4n) is 0.279. The van der Waals surface area contributed by atoms with Crippen LogP contribution >= 0.6 is 0 Å². The highest BCUT2D eigenvalue weighted by Crippen LogP contribution is 1.83. The summed E-state index contributed by atoms with van der Waals surface area (Å²) in [5.41, 5.74) is 0.982. The maximum atomic E-state index is 4.05. The summed E-state index contributed by atoms with van der Waals surface area (Å²) in [5.74, 6) is 0. The van der Waals surface area contributed by atoms with Gasteiger partial charge in [-0.25, -0.2) is 0 Å². The monoisotopic (exact) mass is 126 g/mol. The zero-order chi connectivity index (χ0) is 7.28. The van der Waals surface area contributed by atoms with Crippen LogP contribution in [0.15, 0.2) is 17.3 Å². The second kappa shape index (κ2) is 4.13. The van der Waals surface area contributed by atoms with E-state index in [1.54, 1.807) is 6.21 Å². The number of hydrazone groups is 1. The number of hydrogen-bond donors (Lipinski definition) is 0. The molecule has 0 rings (SSSR count). The van der Waals surface area contributed by atoms with Crippen LogP contribution < -0.4 is 0 Å². The van der Waals surface area contributed by atoms with Crippen molar-refractivity contribution < 1.29 is 0 Å². The lowest BCUT2D eigenvalue weighted by atomic mass is 10.4. The van der Waals surface area contributed by atoms with Gasteiger partial charge in [-0.3, -0.25) is 0 Å². The zero-order valence-electron chi connectivity index (χ0n) is 6.39. The van der Waals surface area contributed by atoms with Gasteiger partial charge >= 0.3 is 0 Å². The van der Waals surface area contributed by atoms with E-state index in [9.17, 15) is 0 Å². The van der Waals surface area contributed by atoms with Crippen LogP contribution in [-0.2, 0) is 0 Å². The van der Waals surface area contributed by atoms with Crippen molar-refractivity contribution >= 4 is 6.21 Å². The van der Waals surface area contributed by atoms with Crippen LogP contribution in [0.3, 0.4) is 0 Å². The third-order valence-electron chi connectivity index (χ3n) is 0.933. The van der Waals surface area contributed by atoms with Crippen LogP contribution in [0.25, 0.3) is 0 Å². The highest BCUT2D eigenvalue weighted by molar-refractivity contribution is 5.76. The van der Waals surface area contributed by atoms with Gasteiger partial charge in [0.1, 0.15) is 0 Å². The van der Waals surface area contributed by atoms with E-state index in [1.165, 1.54) is 0 Å². The molecular formula is C7H14N2. The number of nitrogens with zero attached hydrogens (tertiary/aromatic N) is 2. The molecule has 0 aliphatic carbocycles. The molecule has 0 spiro atoms. The van der Waals surface area contributed by atoms with Crippen molar-refractivity contribution in [3.05, 3.63) is 12.2 Å². The van der Waals surface area contributed by atoms with E-state index < -0.39 is 0 Å². The molecule has 0 unspecified atom stereocenters. The van der Waals surface area contributed by atoms with Gasteiger partial charge in [0.15, 0.2) is 0 Å². The predicted molar refractivity (Wildman–Crippen MR) is 41.6 cm³/mol. The van der Waals surface area contributed by atoms with Crippen LogP contribution in [0.4, 0.5) is 0 Å². The van der Waals surface area contributed by atoms with Gasteiger partial charge in [0.05, 0.1) is 0 Å². The lowest BCUT2D eigenvalue weighted by Gasteiger charge is -2.07. The topological polar surface area (TPSA) is 15.6 Å². The maximum absolute atomic E-state index is 4.05. The van der Waals surface area contributed by atoms with Crippen LogP contribution in [0.2, 0.25) is 0 Å². The Labute approximate surface area is 56.9 Å². The highest BCUT2D eigenvalue weighted by atomic mass is 15.4. The van der Waals surface area contributed by atoms with Gasteiger partial charge in [-0.2, -0.15) is 5.10 Å². The molecule has 2 heteroatoms. The van der Waals surface area contributed by atoms with E-state index in [2.05, 4.69) is 18.6 Å². The summed E-state index contributed by atoms with van der Waals surface area (Å²) < 4.78 is 0. The van der Waals surface area contributed by atoms with E-state index in [-0.39, 0.29) is 0 Å². The summed E-state index contributed by atoms with van der Waals surface area (Å²) in [4.78, 5) is 0. The Morgan fingerprint density at radius 3 is 2.67 bits per heavy atom. The van der Waals surface area contributed by atoms with E-state index in [4.69, 9.17) is 0 Å². The van der Waals surface area contributed by atoms with Crippen molar-refractivity contribution in [1.29, 1.82) is 0 Å². The van der Waals surface area contributed by atoms with Crippen molar-refractivity contribution in [2.45, 2.75) is 13.8 Å². The first-order valence-electron chi connectivity index (χ1n) is 3.07. The lowest BCUT2D eigenvalue weighted by Crippen LogP contribution is -2.09. The van der Waals surface area contributed by atoms with Gasteiger partial charge in [0, 0.05) is 19.8 Å². The molecule has 0 saturated heterocycles. The van der Waals surface area contributed by atoms with Gasteiger partial charge in [0.25, 0.3) is 0 Å². The molecule has 0 aromatic carbocycles. The fraction of sp³-hybridized carbons (Fsp3) is 0.571. The Kier molecular flexibility index (Phi) is 3.76. The van der Waals surface area contributed by atoms with Crippen LogP contribution in [-0.4, -0.2) is 24.8 Å². The number of rotatable bonds is 3. The Morgan fingerprint density at radius 2 is 2.33 bits per heavy atom. The third kappa shape index (κ3) is 5.07. The van der Waals surface area contributed by atoms with Crippen LogP contribution in [0.5, 0.6) is 0 Å². The smallest absolute Gasteiger partial charge is 0.0493 e. The first-order valence-corrected chi connectivity index (χ1v) is 3.07. The molecule has 0 amide bonds. The summed E-state index contributed by atoms with van der Waals surface area (Å²) in [6, 6.07) is 0. The molecule has 2 nitrogen and oxygen atoms in total. The minimum Gasteiger partial charge on any atom is -0.300 e. The standard InChI is InChI=1S/C7H14N2/c1-5-9(4)8-6-7(2)3/h6H,2,5H2,1,3-4H3. The molecule has 0 atom stereocenters. The highest BCUT2D eigenvalue weighted by Gasteiger charge is 1.81. The second-order valence-corrected chi connectivity index (χ2v) is 2.06. The van der Waals surface area contributed by atoms with Crippen LogP contribution in [0, 0.1) is 0 Å². The number of hydrogen-bond acceptors (Lipinski definition) is 2. The molecule has 0 fully saturated rings. The fourth-order valence-corrected chi connectivity index (χ4v) is 0.279. The molecule has 0 N–H and O–H groups in total. The van der Waals surface area contributed by atoms with Gasteiger partial charge in [0.2, 0.25) is 0 Å². The molecule has 0 radical (unpaired) electrons. The first-order chi connectivity index (χ1) is 4.16. The summed E-state index contributed by atoms with van der Waals surface area (Å²) in [7, 11) is 1.93. The molecule has 0 aromatic heterocycles. The lowest BCUT2D eigenvalue weighted by molar-refractivity contribution is 0.377. The largest absolute Gasteiger partial charge is 0.300 e. The van der Waals surface area contributed by atoms with Gasteiger partial charge in [-0.15, -0.1) is 0 Å². The van der Waals surface area contributed by atoms with E-state index in [0.717, 1.165) is 12.1 Å². The Bertz CT molecular complexity index is 116. The average Bonchev–Trinajstić information content (AvgIpc) is 1.83. The van der Waals surface area contributed by atoms with Crippen molar-refractivity contribution in [3.8, 4) is 0 Å². The molecule has 0 aliphatic rings. The third-order valence-corrected chi connectivity index (χ3v) is 0.933. The first kappa shape index (κ1) is 8.21. The van der Waals surface area contributed by atoms with Gasteiger partial charge < -0.3 is 5.01 Å². The second-order valence-electron chi connectivity index (χ2n) is 2.06. The summed E-state index contributed by atoms with van der Waals surface area (Å²) >= 11 is 0. The minimum absolute atomic E-state index is 0.934. The van der Waals surface area contributed by atoms with Gasteiger partial charge in [-0.1, -0.05) is 6.58 Å². The summed E-state index contributed by atoms with van der Waals surface area (Å²) in [6.07, 6.45) is 1.75. The molecule has 0 saturated carbocycles. The van der Waals surface area contributed by atoms with Gasteiger partial charge in [-0.05, 0) is 19.4 Å². The Balaban J connectivity index is 3.56. The van der Waals surface area contributed by atoms with E-state index in [0.29, 0.717) is 0 Å². The molecule has 0 heterocycles. The van der Waals surface area contributed by atoms with Crippen molar-refractivity contribution in [1.82, 2.24) is 5.01 Å². The summed E-state index contributed by atoms with van der Waals surface area (Å²) in [6.45, 7) is 8.59. The zero-order valence-corrected chi connectivity index (χ0v) is 6.39.